The van der Waals surface area contributed by atoms with E-state index in [0.717, 1.165) is 36.1 Å². The third-order valence-electron chi connectivity index (χ3n) is 3.23. The Bertz CT molecular complexity index is 663. The minimum absolute atomic E-state index is 0.0375. The number of nitrogens with one attached hydrogen (secondary N) is 2. The van der Waals surface area contributed by atoms with Crippen molar-refractivity contribution in [2.75, 3.05) is 11.9 Å². The van der Waals surface area contributed by atoms with Gasteiger partial charge < -0.3 is 10.6 Å². The average Bonchev–Trinajstić information content (AvgIpc) is 2.86. The zero-order valence-electron chi connectivity index (χ0n) is 11.1. The van der Waals surface area contributed by atoms with Crippen LogP contribution in [0.15, 0.2) is 18.2 Å². The molecule has 0 spiro atoms. The van der Waals surface area contributed by atoms with Crippen molar-refractivity contribution >= 4 is 22.4 Å². The molecule has 0 unspecified atom stereocenters. The summed E-state index contributed by atoms with van der Waals surface area (Å²) in [6, 6.07) is 3.81. The van der Waals surface area contributed by atoms with Gasteiger partial charge in [-0.25, -0.2) is 13.8 Å². The first kappa shape index (κ1) is 14.1. The number of hydrogen-bond donors (Lipinski definition) is 2. The van der Waals surface area contributed by atoms with Gasteiger partial charge in [0.25, 0.3) is 0 Å². The molecule has 0 atom stereocenters. The summed E-state index contributed by atoms with van der Waals surface area (Å²) in [5.74, 6) is -2.33. The highest BCUT2D eigenvalue weighted by molar-refractivity contribution is 7.15. The van der Waals surface area contributed by atoms with E-state index in [1.165, 1.54) is 23.5 Å². The quantitative estimate of drug-likeness (QED) is 0.914. The van der Waals surface area contributed by atoms with E-state index >= 15 is 0 Å². The summed E-state index contributed by atoms with van der Waals surface area (Å²) in [6.07, 6.45) is 0.617. The van der Waals surface area contributed by atoms with Gasteiger partial charge in [-0.2, -0.15) is 0 Å². The first-order valence-electron chi connectivity index (χ1n) is 6.55. The maximum atomic E-state index is 13.5. The third kappa shape index (κ3) is 3.08. The number of thiazole rings is 1. The predicted molar refractivity (Wildman–Crippen MR) is 76.2 cm³/mol. The van der Waals surface area contributed by atoms with Crippen molar-refractivity contribution in [2.45, 2.75) is 19.4 Å². The molecule has 1 aliphatic heterocycles. The SMILES string of the molecule is O=C(Cc1cccc(F)c1F)Nc1nc2c(s1)CNCC2. The Morgan fingerprint density at radius 1 is 1.43 bits per heavy atom. The molecule has 4 nitrogen and oxygen atoms in total. The molecule has 1 aromatic heterocycles. The van der Waals surface area contributed by atoms with Crippen molar-refractivity contribution in [1.29, 1.82) is 0 Å². The van der Waals surface area contributed by atoms with Gasteiger partial charge in [0.15, 0.2) is 16.8 Å². The number of anilines is 1. The van der Waals surface area contributed by atoms with Gasteiger partial charge in [0.2, 0.25) is 5.91 Å². The Morgan fingerprint density at radius 3 is 3.10 bits per heavy atom. The number of aromatic nitrogens is 1. The normalized spacial score (nSPS) is 13.8. The lowest BCUT2D eigenvalue weighted by Crippen LogP contribution is -2.22. The van der Waals surface area contributed by atoms with Crippen molar-refractivity contribution in [1.82, 2.24) is 10.3 Å². The van der Waals surface area contributed by atoms with E-state index in [2.05, 4.69) is 15.6 Å². The van der Waals surface area contributed by atoms with Gasteiger partial charge in [-0.05, 0) is 6.07 Å². The number of rotatable bonds is 3. The summed E-state index contributed by atoms with van der Waals surface area (Å²) in [5, 5.41) is 6.38. The van der Waals surface area contributed by atoms with Gasteiger partial charge in [-0.1, -0.05) is 12.1 Å². The number of carbonyl (C=O) groups is 1. The minimum atomic E-state index is -0.977. The van der Waals surface area contributed by atoms with Gasteiger partial charge in [-0.3, -0.25) is 4.79 Å². The summed E-state index contributed by atoms with van der Waals surface area (Å²) in [6.45, 7) is 1.63. The number of hydrogen-bond acceptors (Lipinski definition) is 4. The van der Waals surface area contributed by atoms with Crippen molar-refractivity contribution in [3.8, 4) is 0 Å². The molecule has 0 saturated heterocycles. The molecule has 0 saturated carbocycles. The fourth-order valence-corrected chi connectivity index (χ4v) is 3.19. The largest absolute Gasteiger partial charge is 0.311 e. The van der Waals surface area contributed by atoms with Crippen LogP contribution in [0.1, 0.15) is 16.1 Å². The number of fused-ring (bicyclic) bond motifs is 1. The predicted octanol–water partition coefficient (Wildman–Crippen LogP) is 2.25. The molecule has 1 aliphatic rings. The molecule has 0 bridgehead atoms. The Kier molecular flexibility index (Phi) is 3.94. The van der Waals surface area contributed by atoms with Crippen LogP contribution in [0.5, 0.6) is 0 Å². The molecule has 0 fully saturated rings. The van der Waals surface area contributed by atoms with Crippen LogP contribution >= 0.6 is 11.3 Å². The molecule has 1 amide bonds. The van der Waals surface area contributed by atoms with Crippen molar-refractivity contribution < 1.29 is 13.6 Å². The van der Waals surface area contributed by atoms with E-state index in [0.29, 0.717) is 5.13 Å². The Morgan fingerprint density at radius 2 is 2.29 bits per heavy atom. The lowest BCUT2D eigenvalue weighted by molar-refractivity contribution is -0.115. The van der Waals surface area contributed by atoms with E-state index in [-0.39, 0.29) is 12.0 Å². The molecule has 3 rings (SSSR count). The van der Waals surface area contributed by atoms with E-state index in [1.54, 1.807) is 0 Å². The Balaban J connectivity index is 1.69. The number of benzene rings is 1. The smallest absolute Gasteiger partial charge is 0.230 e. The zero-order chi connectivity index (χ0) is 14.8. The third-order valence-corrected chi connectivity index (χ3v) is 4.24. The maximum absolute atomic E-state index is 13.5. The van der Waals surface area contributed by atoms with Crippen LogP contribution < -0.4 is 10.6 Å². The second-order valence-corrected chi connectivity index (χ2v) is 5.84. The van der Waals surface area contributed by atoms with Gasteiger partial charge in [-0.15, -0.1) is 11.3 Å². The lowest BCUT2D eigenvalue weighted by Gasteiger charge is -2.09. The van der Waals surface area contributed by atoms with Crippen LogP contribution in [0.3, 0.4) is 0 Å². The zero-order valence-corrected chi connectivity index (χ0v) is 11.9. The Hall–Kier alpha value is -1.86. The van der Waals surface area contributed by atoms with Crippen molar-refractivity contribution in [3.63, 3.8) is 0 Å². The van der Waals surface area contributed by atoms with Crippen LogP contribution in [0.25, 0.3) is 0 Å². The summed E-state index contributed by atoms with van der Waals surface area (Å²) in [5.41, 5.74) is 1.03. The van der Waals surface area contributed by atoms with E-state index in [9.17, 15) is 13.6 Å². The summed E-state index contributed by atoms with van der Waals surface area (Å²) < 4.78 is 26.6. The minimum Gasteiger partial charge on any atom is -0.311 e. The Labute approximate surface area is 124 Å². The van der Waals surface area contributed by atoms with Gasteiger partial charge in [0.1, 0.15) is 0 Å². The first-order chi connectivity index (χ1) is 10.1. The van der Waals surface area contributed by atoms with Gasteiger partial charge in [0.05, 0.1) is 12.1 Å². The van der Waals surface area contributed by atoms with Crippen LogP contribution in [0.4, 0.5) is 13.9 Å². The van der Waals surface area contributed by atoms with Gasteiger partial charge >= 0.3 is 0 Å². The highest BCUT2D eigenvalue weighted by Crippen LogP contribution is 2.25. The average molecular weight is 309 g/mol. The lowest BCUT2D eigenvalue weighted by atomic mass is 10.1. The second-order valence-electron chi connectivity index (χ2n) is 4.75. The number of halogens is 2. The molecule has 21 heavy (non-hydrogen) atoms. The molecule has 2 N–H and O–H groups in total. The molecule has 7 heteroatoms. The topological polar surface area (TPSA) is 54.0 Å². The molecule has 1 aromatic carbocycles. The number of carbonyl (C=O) groups excluding carboxylic acids is 1. The first-order valence-corrected chi connectivity index (χ1v) is 7.37. The summed E-state index contributed by atoms with van der Waals surface area (Å²) in [7, 11) is 0. The van der Waals surface area contributed by atoms with Crippen LogP contribution in [0.2, 0.25) is 0 Å². The maximum Gasteiger partial charge on any atom is 0.230 e. The standard InChI is InChI=1S/C14H13F2N3OS/c15-9-3-1-2-8(13(9)16)6-12(20)19-14-18-10-4-5-17-7-11(10)21-14/h1-3,17H,4-7H2,(H,18,19,20). The van der Waals surface area contributed by atoms with Crippen molar-refractivity contribution in [3.05, 3.63) is 46.0 Å². The van der Waals surface area contributed by atoms with Crippen LogP contribution in [-0.2, 0) is 24.2 Å². The summed E-state index contributed by atoms with van der Waals surface area (Å²) >= 11 is 1.41. The molecule has 2 aromatic rings. The number of nitrogens with zero attached hydrogens (tertiary/aromatic N) is 1. The summed E-state index contributed by atoms with van der Waals surface area (Å²) in [4.78, 5) is 17.4. The molecular weight excluding hydrogens is 296 g/mol. The van der Waals surface area contributed by atoms with E-state index < -0.39 is 17.5 Å². The monoisotopic (exact) mass is 309 g/mol. The van der Waals surface area contributed by atoms with Crippen LogP contribution in [-0.4, -0.2) is 17.4 Å². The van der Waals surface area contributed by atoms with E-state index in [4.69, 9.17) is 0 Å². The fourth-order valence-electron chi connectivity index (χ4n) is 2.20. The van der Waals surface area contributed by atoms with Gasteiger partial charge in [0, 0.05) is 30.0 Å². The molecule has 0 radical (unpaired) electrons. The van der Waals surface area contributed by atoms with Crippen LogP contribution in [0, 0.1) is 11.6 Å². The molecule has 0 aliphatic carbocycles. The second kappa shape index (κ2) is 5.87. The molecular formula is C14H13F2N3OS. The number of amides is 1. The highest BCUT2D eigenvalue weighted by Gasteiger charge is 2.17. The van der Waals surface area contributed by atoms with E-state index in [1.807, 2.05) is 0 Å². The molecule has 2 heterocycles. The fraction of sp³-hybridized carbons (Fsp3) is 0.286. The molecule has 110 valence electrons. The van der Waals surface area contributed by atoms with Crippen molar-refractivity contribution in [2.24, 2.45) is 0 Å². The highest BCUT2D eigenvalue weighted by atomic mass is 32.1.